The maximum Gasteiger partial charge on any atom is 0.226 e. The molecule has 134 valence electrons. The Hall–Kier alpha value is -1.59. The van der Waals surface area contributed by atoms with E-state index in [0.717, 1.165) is 30.5 Å². The van der Waals surface area contributed by atoms with Crippen LogP contribution in [0, 0.1) is 18.8 Å². The lowest BCUT2D eigenvalue weighted by Gasteiger charge is -2.16. The fourth-order valence-corrected chi connectivity index (χ4v) is 2.88. The van der Waals surface area contributed by atoms with Crippen molar-refractivity contribution in [1.82, 2.24) is 0 Å². The Bertz CT molecular complexity index is 590. The van der Waals surface area contributed by atoms with Crippen molar-refractivity contribution in [3.05, 3.63) is 23.8 Å². The molecule has 0 radical (unpaired) electrons. The first-order valence-corrected chi connectivity index (χ1v) is 8.33. The van der Waals surface area contributed by atoms with Crippen molar-refractivity contribution in [3.63, 3.8) is 0 Å². The third-order valence-electron chi connectivity index (χ3n) is 4.47. The second-order valence-corrected chi connectivity index (χ2v) is 6.78. The van der Waals surface area contributed by atoms with Crippen molar-refractivity contribution >= 4 is 35.6 Å². The highest BCUT2D eigenvalue weighted by Gasteiger charge is 2.26. The van der Waals surface area contributed by atoms with Gasteiger partial charge in [0.2, 0.25) is 11.8 Å². The summed E-state index contributed by atoms with van der Waals surface area (Å²) in [4.78, 5) is 24.0. The molecule has 0 saturated heterocycles. The number of benzene rings is 1. The van der Waals surface area contributed by atoms with E-state index < -0.39 is 0 Å². The second-order valence-electron chi connectivity index (χ2n) is 6.78. The molecule has 2 rings (SSSR count). The molecular formula is C18H28ClN3O2. The van der Waals surface area contributed by atoms with E-state index in [2.05, 4.69) is 10.6 Å². The van der Waals surface area contributed by atoms with Gasteiger partial charge in [0.15, 0.2) is 0 Å². The zero-order valence-electron chi connectivity index (χ0n) is 14.6. The SMILES string of the molecule is Cc1ccc(NC(=O)C(C)C)cc1NC(=O)C[C@@H]1CCC[C@H]1N.Cl. The van der Waals surface area contributed by atoms with Crippen LogP contribution in [0.4, 0.5) is 11.4 Å². The van der Waals surface area contributed by atoms with Crippen LogP contribution in [0.15, 0.2) is 18.2 Å². The average molecular weight is 354 g/mol. The molecule has 24 heavy (non-hydrogen) atoms. The number of carbonyl (C=O) groups is 2. The lowest BCUT2D eigenvalue weighted by atomic mass is 10.00. The third-order valence-corrected chi connectivity index (χ3v) is 4.47. The van der Waals surface area contributed by atoms with E-state index in [-0.39, 0.29) is 42.1 Å². The van der Waals surface area contributed by atoms with Crippen molar-refractivity contribution in [3.8, 4) is 0 Å². The fraction of sp³-hybridized carbons (Fsp3) is 0.556. The predicted octanol–water partition coefficient (Wildman–Crippen LogP) is 3.47. The fourth-order valence-electron chi connectivity index (χ4n) is 2.88. The van der Waals surface area contributed by atoms with Crippen LogP contribution in [0.5, 0.6) is 0 Å². The Morgan fingerprint density at radius 2 is 1.96 bits per heavy atom. The van der Waals surface area contributed by atoms with Crippen LogP contribution < -0.4 is 16.4 Å². The molecule has 1 saturated carbocycles. The molecule has 2 amide bonds. The maximum absolute atomic E-state index is 12.3. The van der Waals surface area contributed by atoms with Gasteiger partial charge in [0.25, 0.3) is 0 Å². The van der Waals surface area contributed by atoms with Crippen LogP contribution in [0.2, 0.25) is 0 Å². The standard InChI is InChI=1S/C18H27N3O2.ClH/c1-11(2)18(23)20-14-8-7-12(3)16(10-14)21-17(22)9-13-5-4-6-15(13)19;/h7-8,10-11,13,15H,4-6,9,19H2,1-3H3,(H,20,23)(H,21,22);1H/t13-,15+;/m0./s1. The first kappa shape index (κ1) is 20.5. The largest absolute Gasteiger partial charge is 0.327 e. The minimum Gasteiger partial charge on any atom is -0.327 e. The summed E-state index contributed by atoms with van der Waals surface area (Å²) in [6, 6.07) is 5.69. The van der Waals surface area contributed by atoms with Crippen LogP contribution >= 0.6 is 12.4 Å². The number of rotatable bonds is 5. The first-order chi connectivity index (χ1) is 10.9. The summed E-state index contributed by atoms with van der Waals surface area (Å²) in [6.07, 6.45) is 3.60. The summed E-state index contributed by atoms with van der Waals surface area (Å²) in [5.74, 6) is 0.142. The van der Waals surface area contributed by atoms with E-state index >= 15 is 0 Å². The molecule has 1 aromatic rings. The number of nitrogens with one attached hydrogen (secondary N) is 2. The quantitative estimate of drug-likeness (QED) is 0.757. The molecule has 1 aliphatic carbocycles. The van der Waals surface area contributed by atoms with Crippen LogP contribution in [0.3, 0.4) is 0 Å². The molecule has 0 unspecified atom stereocenters. The number of hydrogen-bond donors (Lipinski definition) is 3. The molecule has 0 aliphatic heterocycles. The minimum atomic E-state index is -0.0850. The molecular weight excluding hydrogens is 326 g/mol. The van der Waals surface area contributed by atoms with Crippen molar-refractivity contribution in [2.45, 2.75) is 52.5 Å². The molecule has 0 spiro atoms. The molecule has 6 heteroatoms. The molecule has 5 nitrogen and oxygen atoms in total. The molecule has 4 N–H and O–H groups in total. The van der Waals surface area contributed by atoms with Gasteiger partial charge in [-0.15, -0.1) is 12.4 Å². The van der Waals surface area contributed by atoms with Crippen molar-refractivity contribution in [2.24, 2.45) is 17.6 Å². The highest BCUT2D eigenvalue weighted by molar-refractivity contribution is 5.95. The summed E-state index contributed by atoms with van der Waals surface area (Å²) in [5.41, 5.74) is 8.43. The van der Waals surface area contributed by atoms with Crippen LogP contribution in [-0.2, 0) is 9.59 Å². The van der Waals surface area contributed by atoms with Crippen LogP contribution in [-0.4, -0.2) is 17.9 Å². The number of anilines is 2. The van der Waals surface area contributed by atoms with E-state index in [0.29, 0.717) is 12.1 Å². The molecule has 0 heterocycles. The Morgan fingerprint density at radius 1 is 1.25 bits per heavy atom. The number of hydrogen-bond acceptors (Lipinski definition) is 3. The van der Waals surface area contributed by atoms with Crippen LogP contribution in [0.1, 0.15) is 45.1 Å². The topological polar surface area (TPSA) is 84.2 Å². The van der Waals surface area contributed by atoms with Crippen molar-refractivity contribution in [2.75, 3.05) is 10.6 Å². The summed E-state index contributed by atoms with van der Waals surface area (Å²) < 4.78 is 0. The van der Waals surface area contributed by atoms with Gasteiger partial charge >= 0.3 is 0 Å². The number of amides is 2. The van der Waals surface area contributed by atoms with Gasteiger partial charge < -0.3 is 16.4 Å². The van der Waals surface area contributed by atoms with Gasteiger partial charge in [-0.3, -0.25) is 9.59 Å². The lowest BCUT2D eigenvalue weighted by Crippen LogP contribution is -2.28. The minimum absolute atomic E-state index is 0. The molecule has 0 aromatic heterocycles. The van der Waals surface area contributed by atoms with Gasteiger partial charge in [0, 0.05) is 29.8 Å². The van der Waals surface area contributed by atoms with E-state index in [1.807, 2.05) is 39.0 Å². The molecule has 0 bridgehead atoms. The van der Waals surface area contributed by atoms with Gasteiger partial charge in [-0.1, -0.05) is 26.3 Å². The summed E-state index contributed by atoms with van der Waals surface area (Å²) in [6.45, 7) is 5.62. The number of aryl methyl sites for hydroxylation is 1. The van der Waals surface area contributed by atoms with E-state index in [1.54, 1.807) is 0 Å². The number of nitrogens with two attached hydrogens (primary N) is 1. The summed E-state index contributed by atoms with van der Waals surface area (Å²) in [7, 11) is 0. The Balaban J connectivity index is 0.00000288. The zero-order valence-corrected chi connectivity index (χ0v) is 15.4. The Labute approximate surface area is 150 Å². The molecule has 1 aliphatic rings. The molecule has 2 atom stereocenters. The van der Waals surface area contributed by atoms with E-state index in [9.17, 15) is 9.59 Å². The monoisotopic (exact) mass is 353 g/mol. The van der Waals surface area contributed by atoms with Crippen molar-refractivity contribution < 1.29 is 9.59 Å². The lowest BCUT2D eigenvalue weighted by molar-refractivity contribution is -0.119. The van der Waals surface area contributed by atoms with E-state index in [4.69, 9.17) is 5.73 Å². The third kappa shape index (κ3) is 5.49. The summed E-state index contributed by atoms with van der Waals surface area (Å²) >= 11 is 0. The smallest absolute Gasteiger partial charge is 0.226 e. The highest BCUT2D eigenvalue weighted by atomic mass is 35.5. The normalized spacial score (nSPS) is 19.7. The van der Waals surface area contributed by atoms with Gasteiger partial charge in [0.1, 0.15) is 0 Å². The summed E-state index contributed by atoms with van der Waals surface area (Å²) in [5, 5.41) is 5.81. The van der Waals surface area contributed by atoms with Crippen LogP contribution in [0.25, 0.3) is 0 Å². The molecule has 1 aromatic carbocycles. The second kappa shape index (κ2) is 9.04. The van der Waals surface area contributed by atoms with Gasteiger partial charge in [0.05, 0.1) is 0 Å². The highest BCUT2D eigenvalue weighted by Crippen LogP contribution is 2.28. The number of halogens is 1. The zero-order chi connectivity index (χ0) is 17.0. The first-order valence-electron chi connectivity index (χ1n) is 8.33. The Kier molecular flexibility index (Phi) is 7.70. The maximum atomic E-state index is 12.3. The predicted molar refractivity (Wildman–Crippen MR) is 100 cm³/mol. The van der Waals surface area contributed by atoms with E-state index in [1.165, 1.54) is 0 Å². The van der Waals surface area contributed by atoms with Gasteiger partial charge in [-0.2, -0.15) is 0 Å². The van der Waals surface area contributed by atoms with Crippen molar-refractivity contribution in [1.29, 1.82) is 0 Å². The average Bonchev–Trinajstić information content (AvgIpc) is 2.87. The molecule has 1 fully saturated rings. The van der Waals surface area contributed by atoms with Gasteiger partial charge in [-0.25, -0.2) is 0 Å². The number of carbonyl (C=O) groups excluding carboxylic acids is 2. The van der Waals surface area contributed by atoms with Gasteiger partial charge in [-0.05, 0) is 43.4 Å². The Morgan fingerprint density at radius 3 is 2.54 bits per heavy atom.